The van der Waals surface area contributed by atoms with Gasteiger partial charge < -0.3 is 24.8 Å². The van der Waals surface area contributed by atoms with Gasteiger partial charge in [0.2, 0.25) is 0 Å². The molecule has 2 heterocycles. The van der Waals surface area contributed by atoms with E-state index >= 15 is 0 Å². The molecule has 8 rings (SSSR count). The van der Waals surface area contributed by atoms with Gasteiger partial charge in [-0.25, -0.2) is 0 Å². The van der Waals surface area contributed by atoms with E-state index in [0.29, 0.717) is 0 Å². The summed E-state index contributed by atoms with van der Waals surface area (Å²) >= 11 is 0. The Labute approximate surface area is 305 Å². The number of hydrogen-bond donors (Lipinski definition) is 0. The molecular weight excluding hydrogens is 786 g/mol. The predicted molar refractivity (Wildman–Crippen MR) is 185 cm³/mol. The first-order valence-electron chi connectivity index (χ1n) is 16.9. The molecule has 2 fully saturated rings. The molecule has 0 spiro atoms. The Balaban J connectivity index is 0.000000192. The summed E-state index contributed by atoms with van der Waals surface area (Å²) in [6, 6.07) is 47.9. The van der Waals surface area contributed by atoms with Gasteiger partial charge in [0, 0.05) is 0 Å². The SMILES string of the molecule is CCCC[Si]1(C2c3[c-]cccc3-c3ccccc32)CCC1.CCCC[Si]1(C2c3[c-]cccc3-c3ccccc32)CCC1.[Cl-].[Cl-].[Hf+4]. The third-order valence-electron chi connectivity index (χ3n) is 11.5. The maximum atomic E-state index is 3.63. The Morgan fingerprint density at radius 2 is 0.933 bits per heavy atom. The van der Waals surface area contributed by atoms with Gasteiger partial charge in [-0.15, -0.1) is 22.3 Å². The van der Waals surface area contributed by atoms with Crippen LogP contribution in [0.2, 0.25) is 36.3 Å². The molecule has 4 aromatic carbocycles. The second-order valence-corrected chi connectivity index (χ2v) is 23.3. The Hall–Kier alpha value is -1.24. The summed E-state index contributed by atoms with van der Waals surface area (Å²) in [5, 5.41) is 0. The summed E-state index contributed by atoms with van der Waals surface area (Å²) in [5.74, 6) is 0. The Bertz CT molecular complexity index is 1350. The van der Waals surface area contributed by atoms with Crippen LogP contribution in [-0.2, 0) is 25.8 Å². The summed E-state index contributed by atoms with van der Waals surface area (Å²) in [4.78, 5) is 0. The van der Waals surface area contributed by atoms with Gasteiger partial charge in [0.1, 0.15) is 0 Å². The van der Waals surface area contributed by atoms with Crippen molar-refractivity contribution in [3.05, 3.63) is 119 Å². The molecule has 2 aliphatic carbocycles. The van der Waals surface area contributed by atoms with E-state index in [9.17, 15) is 0 Å². The Morgan fingerprint density at radius 1 is 0.556 bits per heavy atom. The normalized spacial score (nSPS) is 20.0. The smallest absolute Gasteiger partial charge is 1.00 e. The van der Waals surface area contributed by atoms with Gasteiger partial charge in [-0.3, -0.25) is 0 Å². The van der Waals surface area contributed by atoms with Crippen LogP contribution in [-0.4, -0.2) is 16.1 Å². The van der Waals surface area contributed by atoms with Crippen molar-refractivity contribution in [2.24, 2.45) is 0 Å². The fourth-order valence-corrected chi connectivity index (χ4v) is 20.0. The van der Waals surface area contributed by atoms with Gasteiger partial charge in [0.25, 0.3) is 0 Å². The number of rotatable bonds is 8. The molecular formula is C40H46Cl2HfSi2. The van der Waals surface area contributed by atoms with E-state index in [-0.39, 0.29) is 50.7 Å². The van der Waals surface area contributed by atoms with Crippen LogP contribution in [0.3, 0.4) is 0 Å². The molecule has 5 heteroatoms. The van der Waals surface area contributed by atoms with Crippen LogP contribution in [0, 0.1) is 12.1 Å². The molecule has 2 unspecified atom stereocenters. The van der Waals surface area contributed by atoms with Crippen molar-refractivity contribution in [1.82, 2.24) is 0 Å². The molecule has 4 aromatic rings. The number of benzene rings is 4. The monoisotopic (exact) mass is 832 g/mol. The fraction of sp³-hybridized carbons (Fsp3) is 0.400. The number of halogens is 2. The largest absolute Gasteiger partial charge is 4.00 e. The van der Waals surface area contributed by atoms with Crippen LogP contribution in [0.1, 0.15) is 85.7 Å². The van der Waals surface area contributed by atoms with Crippen LogP contribution >= 0.6 is 0 Å². The summed E-state index contributed by atoms with van der Waals surface area (Å²) < 4.78 is 0. The van der Waals surface area contributed by atoms with Crippen molar-refractivity contribution in [3.8, 4) is 22.3 Å². The van der Waals surface area contributed by atoms with Crippen molar-refractivity contribution < 1.29 is 50.7 Å². The standard InChI is InChI=1S/2C20H23Si.2ClH.Hf/c2*1-2-3-13-21(14-8-15-21)20-18-11-6-4-9-16(18)17-10-5-7-12-19(17)20;;;/h2*4-7,9-11,20H,2-3,8,13-15H2,1H3;2*1H;/q2*-1;;;+4/p-2. The number of unbranched alkanes of at least 4 members (excludes halogenated alkanes) is 2. The summed E-state index contributed by atoms with van der Waals surface area (Å²) in [6.07, 6.45) is 8.47. The van der Waals surface area contributed by atoms with Crippen molar-refractivity contribution in [2.45, 2.75) is 99.7 Å². The quantitative estimate of drug-likeness (QED) is 0.161. The zero-order valence-corrected chi connectivity index (χ0v) is 34.1. The minimum Gasteiger partial charge on any atom is -1.00 e. The molecule has 0 bridgehead atoms. The Kier molecular flexibility index (Phi) is 12.8. The van der Waals surface area contributed by atoms with E-state index in [2.05, 4.69) is 111 Å². The first kappa shape index (κ1) is 36.6. The molecule has 0 saturated carbocycles. The molecule has 0 N–H and O–H groups in total. The third kappa shape index (κ3) is 6.47. The van der Waals surface area contributed by atoms with Gasteiger partial charge >= 0.3 is 25.8 Å². The van der Waals surface area contributed by atoms with E-state index in [0.717, 1.165) is 11.1 Å². The van der Waals surface area contributed by atoms with E-state index in [4.69, 9.17) is 0 Å². The average Bonchev–Trinajstić information content (AvgIpc) is 3.51. The van der Waals surface area contributed by atoms with Crippen molar-refractivity contribution in [1.29, 1.82) is 0 Å². The van der Waals surface area contributed by atoms with E-state index in [1.54, 1.807) is 11.1 Å². The summed E-state index contributed by atoms with van der Waals surface area (Å²) in [7, 11) is -2.33. The fourth-order valence-electron chi connectivity index (χ4n) is 9.10. The number of fused-ring (bicyclic) bond motifs is 6. The molecule has 4 aliphatic rings. The van der Waals surface area contributed by atoms with E-state index in [1.165, 1.54) is 108 Å². The maximum absolute atomic E-state index is 3.63. The first-order chi connectivity index (χ1) is 20.7. The van der Waals surface area contributed by atoms with Crippen LogP contribution < -0.4 is 24.8 Å². The third-order valence-corrected chi connectivity index (χ3v) is 23.2. The van der Waals surface area contributed by atoms with E-state index in [1.807, 2.05) is 0 Å². The molecule has 2 aliphatic heterocycles. The summed E-state index contributed by atoms with van der Waals surface area (Å²) in [6.45, 7) is 4.67. The van der Waals surface area contributed by atoms with Gasteiger partial charge in [-0.1, -0.05) is 148 Å². The molecule has 232 valence electrons. The molecule has 2 atom stereocenters. The van der Waals surface area contributed by atoms with Crippen molar-refractivity contribution in [3.63, 3.8) is 0 Å². The molecule has 2 saturated heterocycles. The topological polar surface area (TPSA) is 0 Å². The molecule has 0 radical (unpaired) electrons. The number of hydrogen-bond acceptors (Lipinski definition) is 0. The summed E-state index contributed by atoms with van der Waals surface area (Å²) in [5.41, 5.74) is 13.7. The average molecular weight is 832 g/mol. The van der Waals surface area contributed by atoms with Crippen molar-refractivity contribution in [2.75, 3.05) is 0 Å². The second kappa shape index (κ2) is 15.8. The molecule has 0 nitrogen and oxygen atoms in total. The van der Waals surface area contributed by atoms with Crippen LogP contribution in [0.25, 0.3) is 22.3 Å². The van der Waals surface area contributed by atoms with Gasteiger partial charge in [0.05, 0.1) is 16.1 Å². The minimum atomic E-state index is -1.16. The van der Waals surface area contributed by atoms with Gasteiger partial charge in [-0.05, 0) is 22.2 Å². The minimum absolute atomic E-state index is 0. The predicted octanol–water partition coefficient (Wildman–Crippen LogP) is 5.59. The zero-order chi connectivity index (χ0) is 28.6. The molecule has 0 aromatic heterocycles. The first-order valence-corrected chi connectivity index (χ1v) is 22.3. The van der Waals surface area contributed by atoms with Crippen LogP contribution in [0.5, 0.6) is 0 Å². The van der Waals surface area contributed by atoms with Gasteiger partial charge in [-0.2, -0.15) is 48.5 Å². The maximum Gasteiger partial charge on any atom is 4.00 e. The van der Waals surface area contributed by atoms with Gasteiger partial charge in [0.15, 0.2) is 0 Å². The zero-order valence-electron chi connectivity index (χ0n) is 27.0. The van der Waals surface area contributed by atoms with E-state index < -0.39 is 16.1 Å². The molecule has 45 heavy (non-hydrogen) atoms. The van der Waals surface area contributed by atoms with Crippen LogP contribution in [0.15, 0.2) is 84.9 Å². The molecule has 0 amide bonds. The van der Waals surface area contributed by atoms with Crippen LogP contribution in [0.4, 0.5) is 0 Å². The Morgan fingerprint density at radius 3 is 1.29 bits per heavy atom. The van der Waals surface area contributed by atoms with Crippen molar-refractivity contribution >= 4 is 16.1 Å². The second-order valence-electron chi connectivity index (χ2n) is 13.7.